The number of halogens is 1. The molecule has 0 aromatic heterocycles. The van der Waals surface area contributed by atoms with Crippen molar-refractivity contribution in [2.24, 2.45) is 4.36 Å². The number of hydrogen-bond donors (Lipinski definition) is 0. The van der Waals surface area contributed by atoms with Crippen LogP contribution in [0.1, 0.15) is 18.4 Å². The van der Waals surface area contributed by atoms with Crippen LogP contribution in [0.2, 0.25) is 0 Å². The van der Waals surface area contributed by atoms with Gasteiger partial charge in [0.2, 0.25) is 0 Å². The maximum atomic E-state index is 13.6. The lowest BCUT2D eigenvalue weighted by Crippen LogP contribution is -2.27. The molecule has 1 aliphatic rings. The van der Waals surface area contributed by atoms with Crippen molar-refractivity contribution in [2.75, 3.05) is 13.1 Å². The Kier molecular flexibility index (Phi) is 4.27. The van der Waals surface area contributed by atoms with Crippen LogP contribution in [0, 0.1) is 12.7 Å². The molecule has 22 heavy (non-hydrogen) atoms. The lowest BCUT2D eigenvalue weighted by atomic mass is 10.2. The van der Waals surface area contributed by atoms with Gasteiger partial charge < -0.3 is 0 Å². The van der Waals surface area contributed by atoms with Gasteiger partial charge in [-0.25, -0.2) is 12.9 Å². The molecular formula is C17H19FN2OS. The minimum absolute atomic E-state index is 0.318. The highest BCUT2D eigenvalue weighted by Gasteiger charge is 2.25. The van der Waals surface area contributed by atoms with Gasteiger partial charge in [-0.05, 0) is 56.2 Å². The largest absolute Gasteiger partial charge is 0.228 e. The van der Waals surface area contributed by atoms with Gasteiger partial charge in [-0.1, -0.05) is 17.7 Å². The second-order valence-electron chi connectivity index (χ2n) is 5.51. The molecule has 1 saturated heterocycles. The van der Waals surface area contributed by atoms with Crippen molar-refractivity contribution >= 4 is 15.6 Å². The summed E-state index contributed by atoms with van der Waals surface area (Å²) in [4.78, 5) is 0.712. The summed E-state index contributed by atoms with van der Waals surface area (Å²) < 4.78 is 33.1. The molecule has 0 radical (unpaired) electrons. The van der Waals surface area contributed by atoms with Gasteiger partial charge in [0, 0.05) is 13.1 Å². The second kappa shape index (κ2) is 6.18. The Morgan fingerprint density at radius 1 is 1.00 bits per heavy atom. The topological polar surface area (TPSA) is 32.7 Å². The van der Waals surface area contributed by atoms with Gasteiger partial charge in [0.05, 0.1) is 10.6 Å². The Morgan fingerprint density at radius 2 is 1.59 bits per heavy atom. The number of hydrogen-bond acceptors (Lipinski definition) is 2. The van der Waals surface area contributed by atoms with Crippen LogP contribution >= 0.6 is 0 Å². The van der Waals surface area contributed by atoms with Gasteiger partial charge in [-0.2, -0.15) is 4.36 Å². The fourth-order valence-corrected chi connectivity index (χ4v) is 4.73. The zero-order chi connectivity index (χ0) is 15.6. The highest BCUT2D eigenvalue weighted by atomic mass is 32.2. The molecule has 5 heteroatoms. The van der Waals surface area contributed by atoms with Crippen molar-refractivity contribution in [1.29, 1.82) is 0 Å². The third-order valence-electron chi connectivity index (χ3n) is 3.80. The first kappa shape index (κ1) is 15.2. The predicted molar refractivity (Wildman–Crippen MR) is 86.9 cm³/mol. The number of nitrogens with zero attached hydrogens (tertiary/aromatic N) is 2. The minimum Gasteiger partial charge on any atom is -0.228 e. The van der Waals surface area contributed by atoms with Crippen LogP contribution in [0.25, 0.3) is 0 Å². The minimum atomic E-state index is -2.69. The molecule has 1 atom stereocenters. The third-order valence-corrected chi connectivity index (χ3v) is 6.21. The van der Waals surface area contributed by atoms with E-state index in [1.165, 1.54) is 12.1 Å². The van der Waals surface area contributed by atoms with Crippen LogP contribution in [-0.2, 0) is 9.92 Å². The van der Waals surface area contributed by atoms with E-state index in [1.54, 1.807) is 12.1 Å². The molecule has 0 N–H and O–H groups in total. The van der Waals surface area contributed by atoms with E-state index in [4.69, 9.17) is 0 Å². The van der Waals surface area contributed by atoms with Gasteiger partial charge in [0.1, 0.15) is 15.7 Å². The van der Waals surface area contributed by atoms with Crippen molar-refractivity contribution in [3.8, 4) is 0 Å². The molecule has 1 fully saturated rings. The summed E-state index contributed by atoms with van der Waals surface area (Å²) in [5.74, 6) is -0.318. The quantitative estimate of drug-likeness (QED) is 0.830. The molecule has 1 unspecified atom stereocenters. The van der Waals surface area contributed by atoms with Gasteiger partial charge in [-0.3, -0.25) is 0 Å². The van der Waals surface area contributed by atoms with Crippen LogP contribution in [0.5, 0.6) is 0 Å². The van der Waals surface area contributed by atoms with Crippen LogP contribution in [0.4, 0.5) is 10.1 Å². The first-order valence-electron chi connectivity index (χ1n) is 7.42. The molecule has 3 rings (SSSR count). The SMILES string of the molecule is Cc1ccc(S(=O)(=Nc2ccc(F)cc2)N2CCCC2)cc1. The molecule has 1 aliphatic heterocycles. The van der Waals surface area contributed by atoms with Gasteiger partial charge in [0.25, 0.3) is 0 Å². The summed E-state index contributed by atoms with van der Waals surface area (Å²) in [5.41, 5.74) is 1.66. The monoisotopic (exact) mass is 318 g/mol. The summed E-state index contributed by atoms with van der Waals surface area (Å²) in [6.45, 7) is 3.55. The summed E-state index contributed by atoms with van der Waals surface area (Å²) in [6.07, 6.45) is 2.06. The summed E-state index contributed by atoms with van der Waals surface area (Å²) in [5, 5.41) is 0. The zero-order valence-corrected chi connectivity index (χ0v) is 13.4. The van der Waals surface area contributed by atoms with Crippen LogP contribution in [0.15, 0.2) is 57.8 Å². The lowest BCUT2D eigenvalue weighted by molar-refractivity contribution is 0.527. The number of aryl methyl sites for hydroxylation is 1. The molecule has 0 saturated carbocycles. The summed E-state index contributed by atoms with van der Waals surface area (Å²) in [7, 11) is -2.69. The van der Waals surface area contributed by atoms with E-state index in [9.17, 15) is 8.60 Å². The first-order valence-corrected chi connectivity index (χ1v) is 8.90. The van der Waals surface area contributed by atoms with E-state index in [2.05, 4.69) is 4.36 Å². The second-order valence-corrected chi connectivity index (χ2v) is 7.68. The van der Waals surface area contributed by atoms with Crippen molar-refractivity contribution in [1.82, 2.24) is 4.31 Å². The molecule has 0 spiro atoms. The summed E-state index contributed by atoms with van der Waals surface area (Å²) >= 11 is 0. The van der Waals surface area contributed by atoms with E-state index in [0.717, 1.165) is 31.5 Å². The fraction of sp³-hybridized carbons (Fsp3) is 0.294. The highest BCUT2D eigenvalue weighted by molar-refractivity contribution is 7.91. The molecule has 0 amide bonds. The van der Waals surface area contributed by atoms with E-state index >= 15 is 0 Å². The van der Waals surface area contributed by atoms with E-state index in [0.29, 0.717) is 10.6 Å². The van der Waals surface area contributed by atoms with Crippen molar-refractivity contribution in [3.05, 3.63) is 59.9 Å². The zero-order valence-electron chi connectivity index (χ0n) is 12.5. The van der Waals surface area contributed by atoms with Crippen LogP contribution in [0.3, 0.4) is 0 Å². The third kappa shape index (κ3) is 3.05. The Labute approximate surface area is 131 Å². The number of benzene rings is 2. The van der Waals surface area contributed by atoms with E-state index < -0.39 is 9.92 Å². The fourth-order valence-electron chi connectivity index (χ4n) is 2.56. The molecular weight excluding hydrogens is 299 g/mol. The average Bonchev–Trinajstić information content (AvgIpc) is 3.05. The summed E-state index contributed by atoms with van der Waals surface area (Å²) in [6, 6.07) is 13.5. The molecule has 2 aromatic carbocycles. The smallest absolute Gasteiger partial charge is 0.144 e. The Hall–Kier alpha value is -1.72. The maximum Gasteiger partial charge on any atom is 0.144 e. The molecule has 0 bridgehead atoms. The first-order chi connectivity index (χ1) is 10.6. The average molecular weight is 318 g/mol. The molecule has 3 nitrogen and oxygen atoms in total. The van der Waals surface area contributed by atoms with E-state index in [-0.39, 0.29) is 5.82 Å². The molecule has 0 aliphatic carbocycles. The van der Waals surface area contributed by atoms with Crippen LogP contribution < -0.4 is 0 Å². The van der Waals surface area contributed by atoms with Gasteiger partial charge in [0.15, 0.2) is 0 Å². The number of rotatable bonds is 3. The molecule has 116 valence electrons. The standard InChI is InChI=1S/C17H19FN2OS/c1-14-4-10-17(11-5-14)22(21,20-12-2-3-13-20)19-16-8-6-15(18)7-9-16/h4-11H,2-3,12-13H2,1H3. The van der Waals surface area contributed by atoms with Crippen molar-refractivity contribution < 1.29 is 8.60 Å². The Bertz CT molecular complexity index is 756. The molecule has 1 heterocycles. The lowest BCUT2D eigenvalue weighted by Gasteiger charge is -2.21. The van der Waals surface area contributed by atoms with Crippen molar-refractivity contribution in [3.63, 3.8) is 0 Å². The predicted octanol–water partition coefficient (Wildman–Crippen LogP) is 4.30. The van der Waals surface area contributed by atoms with Crippen LogP contribution in [-0.4, -0.2) is 21.6 Å². The van der Waals surface area contributed by atoms with E-state index in [1.807, 2.05) is 35.5 Å². The van der Waals surface area contributed by atoms with Crippen molar-refractivity contribution in [2.45, 2.75) is 24.7 Å². The Balaban J connectivity index is 2.12. The molecule has 2 aromatic rings. The maximum absolute atomic E-state index is 13.6. The van der Waals surface area contributed by atoms with Gasteiger partial charge >= 0.3 is 0 Å². The van der Waals surface area contributed by atoms with Gasteiger partial charge in [-0.15, -0.1) is 0 Å². The normalized spacial score (nSPS) is 18.1. The Morgan fingerprint density at radius 3 is 2.18 bits per heavy atom. The highest BCUT2D eigenvalue weighted by Crippen LogP contribution is 2.27.